The highest BCUT2D eigenvalue weighted by Gasteiger charge is 2.53. The molecule has 8 aromatic carbocycles. The molecule has 16 heterocycles. The molecule has 10 aromatic rings. The van der Waals surface area contributed by atoms with E-state index in [0.29, 0.717) is 28.8 Å². The number of hydrogen-bond donors (Lipinski definition) is 10. The van der Waals surface area contributed by atoms with Gasteiger partial charge in [-0.2, -0.15) is 5.10 Å². The predicted octanol–water partition coefficient (Wildman–Crippen LogP) is 18.1. The zero-order valence-electron chi connectivity index (χ0n) is 89.9. The molecule has 0 atom stereocenters. The van der Waals surface area contributed by atoms with Crippen LogP contribution in [0.4, 0.5) is 26.7 Å². The second-order valence-corrected chi connectivity index (χ2v) is 48.4. The number of carbonyl (C=O) groups is 4. The molecule has 8 spiro atoms. The molecule has 2 aromatic heterocycles. The van der Waals surface area contributed by atoms with E-state index in [1.165, 1.54) is 124 Å². The lowest BCUT2D eigenvalue weighted by atomic mass is 9.69. The number of nitrogens with zero attached hydrogens (tertiary/aromatic N) is 7. The van der Waals surface area contributed by atoms with E-state index >= 15 is 0 Å². The van der Waals surface area contributed by atoms with Gasteiger partial charge in [-0.3, -0.25) is 23.6 Å². The zero-order valence-corrected chi connectivity index (χ0v) is 90.7. The van der Waals surface area contributed by atoms with E-state index in [-0.39, 0.29) is 56.6 Å². The Kier molecular flexibility index (Phi) is 32.1. The minimum absolute atomic E-state index is 0.0559. The summed E-state index contributed by atoms with van der Waals surface area (Å²) in [5, 5.41) is 39.0. The molecule has 26 heteroatoms. The Morgan fingerprint density at radius 2 is 0.879 bits per heavy atom. The molecule has 0 unspecified atom stereocenters. The van der Waals surface area contributed by atoms with Crippen molar-refractivity contribution in [3.63, 3.8) is 0 Å². The molecule has 10 N–H and O–H groups in total. The van der Waals surface area contributed by atoms with Crippen molar-refractivity contribution in [1.82, 2.24) is 72.4 Å². The van der Waals surface area contributed by atoms with Crippen LogP contribution in [0.2, 0.25) is 0 Å². The molecule has 792 valence electrons. The van der Waals surface area contributed by atoms with E-state index in [0.717, 1.165) is 237 Å². The third-order valence-electron chi connectivity index (χ3n) is 35.2. The molecule has 0 radical (unpaired) electrons. The Morgan fingerprint density at radius 3 is 1.46 bits per heavy atom. The van der Waals surface area contributed by atoms with E-state index in [4.69, 9.17) is 19.6 Å². The van der Waals surface area contributed by atoms with E-state index in [2.05, 4.69) is 211 Å². The summed E-state index contributed by atoms with van der Waals surface area (Å²) in [5.74, 6) is 0.250. The van der Waals surface area contributed by atoms with E-state index < -0.39 is 21.2 Å². The van der Waals surface area contributed by atoms with Crippen LogP contribution in [0.3, 0.4) is 0 Å². The summed E-state index contributed by atoms with van der Waals surface area (Å²) in [5.41, 5.74) is 26.7. The summed E-state index contributed by atoms with van der Waals surface area (Å²) < 4.78 is 41.5. The molecule has 16 aliphatic rings. The number of pyridine rings is 1. The molecular weight excluding hydrogens is 1880 g/mol. The topological polar surface area (TPSA) is 285 Å². The van der Waals surface area contributed by atoms with Crippen LogP contribution in [0, 0.1) is 6.92 Å². The fourth-order valence-corrected chi connectivity index (χ4v) is 29.0. The van der Waals surface area contributed by atoms with Crippen LogP contribution in [0.1, 0.15) is 260 Å². The fraction of sp³-hybridized carbons (Fsp3) is 0.512. The van der Waals surface area contributed by atoms with Crippen molar-refractivity contribution in [3.8, 4) is 11.1 Å². The van der Waals surface area contributed by atoms with Gasteiger partial charge in [0.2, 0.25) is 5.91 Å². The molecule has 26 rings (SSSR count). The first-order valence-corrected chi connectivity index (χ1v) is 57.2. The van der Waals surface area contributed by atoms with Gasteiger partial charge in [-0.1, -0.05) is 176 Å². The first kappa shape index (κ1) is 106. The molecule has 0 bridgehead atoms. The normalized spacial score (nSPS) is 21.0. The number of piperidine rings is 8. The lowest BCUT2D eigenvalue weighted by molar-refractivity contribution is -0.116. The average molecular weight is 2040 g/mol. The lowest BCUT2D eigenvalue weighted by Gasteiger charge is -2.46. The highest BCUT2D eigenvalue weighted by molar-refractivity contribution is 7.92. The Morgan fingerprint density at radius 1 is 0.423 bits per heavy atom. The smallest absolute Gasteiger partial charge is 0.410 e. The Bertz CT molecular complexity index is 6420. The number of fused-ring (bicyclic) bond motifs is 19. The van der Waals surface area contributed by atoms with E-state index in [1.54, 1.807) is 40.2 Å². The number of likely N-dealkylation sites (tertiary alicyclic amines) is 1. The van der Waals surface area contributed by atoms with Crippen LogP contribution < -0.4 is 62.4 Å². The van der Waals surface area contributed by atoms with Gasteiger partial charge in [0.05, 0.1) is 27.5 Å². The molecule has 0 saturated carbocycles. The molecule has 2 aliphatic carbocycles. The van der Waals surface area contributed by atoms with Crippen molar-refractivity contribution in [3.05, 3.63) is 296 Å². The van der Waals surface area contributed by atoms with E-state index in [1.807, 2.05) is 124 Å². The Labute approximate surface area is 884 Å². The summed E-state index contributed by atoms with van der Waals surface area (Å²) in [6, 6.07) is 70.6. The molecule has 25 nitrogen and oxygen atoms in total. The maximum atomic E-state index is 13.2. The molecule has 4 amide bonds. The van der Waals surface area contributed by atoms with Crippen molar-refractivity contribution < 1.29 is 37.1 Å². The van der Waals surface area contributed by atoms with Crippen molar-refractivity contribution in [2.45, 2.75) is 270 Å². The number of aromatic nitrogens is 3. The monoisotopic (exact) mass is 2040 g/mol. The summed E-state index contributed by atoms with van der Waals surface area (Å²) in [6.07, 6.45) is 23.1. The number of para-hydroxylation sites is 3. The number of rotatable bonds is 4. The SMILES string of the molecule is CC(=O)N1CC2(CCNCC2)c2ccccc21.CC(C)(C)OC(=O)N1CCC2(CC1)CNCc1ccccc12.CC(C)(C)OC(=O)N1Cc2ccccc2C2(CCNCC2)C1.CCc1nn(CC)c2c1CCC21CCNCC1.Cc1ccc(S(=O)(=O)N2CC3(CCNCC3)c3ccccc32)cc1.O=C1NC2(CCNCC2)c2ccccc21.c1ccc2c(c1)-c1cccnc1C21CCNCC1.c1ccc2c(c1)NCC21CCNCC1. The van der Waals surface area contributed by atoms with Crippen LogP contribution in [-0.4, -0.2) is 206 Å². The van der Waals surface area contributed by atoms with Crippen molar-refractivity contribution >= 4 is 51.1 Å². The zero-order chi connectivity index (χ0) is 104. The number of anilines is 3. The van der Waals surface area contributed by atoms with Gasteiger partial charge < -0.3 is 77.3 Å². The first-order valence-electron chi connectivity index (χ1n) is 55.7. The van der Waals surface area contributed by atoms with Crippen LogP contribution in [0.5, 0.6) is 0 Å². The van der Waals surface area contributed by atoms with Gasteiger partial charge in [-0.15, -0.1) is 0 Å². The van der Waals surface area contributed by atoms with E-state index in [9.17, 15) is 27.6 Å². The predicted molar refractivity (Wildman–Crippen MR) is 596 cm³/mol. The number of aryl methyl sites for hydroxylation is 3. The summed E-state index contributed by atoms with van der Waals surface area (Å²) >= 11 is 0. The quantitative estimate of drug-likeness (QED) is 0.0784. The van der Waals surface area contributed by atoms with Crippen LogP contribution in [0.15, 0.2) is 217 Å². The van der Waals surface area contributed by atoms with Gasteiger partial charge >= 0.3 is 12.2 Å². The number of amides is 4. The number of hydrogen-bond acceptors (Lipinski definition) is 19. The Hall–Kier alpha value is -11.2. The number of ether oxygens (including phenoxy) is 2. The first-order chi connectivity index (χ1) is 72.0. The van der Waals surface area contributed by atoms with Crippen molar-refractivity contribution in [2.24, 2.45) is 0 Å². The minimum atomic E-state index is -3.53. The molecule has 8 fully saturated rings. The van der Waals surface area contributed by atoms with Crippen molar-refractivity contribution in [1.29, 1.82) is 0 Å². The number of nitrogens with one attached hydrogen (secondary N) is 10. The highest BCUT2D eigenvalue weighted by atomic mass is 32.2. The molecular formula is C123H161N17O8S. The number of benzene rings is 8. The highest BCUT2D eigenvalue weighted by Crippen LogP contribution is 2.55. The standard InChI is InChI=1S/C19H22N2O2S.2C18H26N2O2.C16H16N2.C14H23N3.C14H18N2O.C12H14N2O.C12H16N2/c1-15-6-8-16(9-7-15)24(22,23)21-14-19(10-12-20-13-11-19)17-4-2-3-5-18(17)21;1-17(2,3)22-16(21)20-10-8-18(9-11-20)13-19-12-14-6-4-5-7-15(14)18;1-17(2,3)22-16(21)20-12-14-6-4-5-7-15(14)18(13-20)8-10-19-11-9-18;1-2-6-14-12(4-1)13-5-3-9-18-15(13)16(14)7-10-17-11-8-16;1-3-12-11-5-6-14(7-9-15-10-8-14)13(11)17(4-2)16-12;1-11(17)16-10-14(6-8-15-9-7-14)12-4-2-3-5-13(12)16;15-11-9-3-1-2-4-10(9)12(14-11)5-7-13-8-6-12;1-2-4-11-10(3-1)12(9-14-11)5-7-13-8-6-12/h2-9,20H,10-14H2,1H3;2*4-7,19H,8-13H2,1-3H3;1-6,9,17H,7-8,10-11H2;15H,3-10H2,1-2H3;2-5,15H,6-10H2,1H3;1-4,13H,5-8H2,(H,14,15);1-4,13-14H,5-9H2. The Balaban J connectivity index is 0.000000108. The van der Waals surface area contributed by atoms with Gasteiger partial charge in [-0.25, -0.2) is 18.0 Å². The van der Waals surface area contributed by atoms with Gasteiger partial charge in [0.25, 0.3) is 15.9 Å². The third kappa shape index (κ3) is 22.1. The van der Waals surface area contributed by atoms with Gasteiger partial charge in [0, 0.05) is 145 Å². The second kappa shape index (κ2) is 45.0. The largest absolute Gasteiger partial charge is 0.444 e. The third-order valence-corrected chi connectivity index (χ3v) is 37.0. The van der Waals surface area contributed by atoms with Crippen LogP contribution in [-0.2, 0) is 100 Å². The van der Waals surface area contributed by atoms with Crippen LogP contribution in [0.25, 0.3) is 11.1 Å². The number of carbonyl (C=O) groups excluding carboxylic acids is 4. The number of sulfonamides is 1. The molecule has 149 heavy (non-hydrogen) atoms. The van der Waals surface area contributed by atoms with Crippen molar-refractivity contribution in [2.75, 3.05) is 152 Å². The average Bonchev–Trinajstić information content (AvgIpc) is 1.57. The fourth-order valence-electron chi connectivity index (χ4n) is 27.4. The molecule has 14 aliphatic heterocycles. The van der Waals surface area contributed by atoms with Gasteiger partial charge in [-0.05, 0) is 373 Å². The second-order valence-electron chi connectivity index (χ2n) is 46.6. The maximum Gasteiger partial charge on any atom is 0.410 e. The molecule has 8 saturated heterocycles. The van der Waals surface area contributed by atoms with Gasteiger partial charge in [0.1, 0.15) is 11.2 Å². The maximum absolute atomic E-state index is 13.2. The van der Waals surface area contributed by atoms with Crippen LogP contribution >= 0.6 is 0 Å². The summed E-state index contributed by atoms with van der Waals surface area (Å²) in [4.78, 5) is 59.1. The van der Waals surface area contributed by atoms with Gasteiger partial charge in [0.15, 0.2) is 0 Å². The summed E-state index contributed by atoms with van der Waals surface area (Å²) in [6.45, 7) is 42.9. The summed E-state index contributed by atoms with van der Waals surface area (Å²) in [7, 11) is -3.53. The lowest BCUT2D eigenvalue weighted by Crippen LogP contribution is -2.53. The minimum Gasteiger partial charge on any atom is -0.444 e.